The van der Waals surface area contributed by atoms with E-state index in [9.17, 15) is 4.79 Å². The fourth-order valence-electron chi connectivity index (χ4n) is 2.41. The molecule has 0 radical (unpaired) electrons. The first kappa shape index (κ1) is 16.5. The second-order valence-electron chi connectivity index (χ2n) is 5.36. The second kappa shape index (κ2) is 7.01. The molecule has 5 heteroatoms. The van der Waals surface area contributed by atoms with E-state index >= 15 is 0 Å². The number of Topliss-reactive ketones (excluding diaryl/α,β-unsaturated/α-hetero) is 1. The fraction of sp³-hybridized carbons (Fsp3) is 0.158. The van der Waals surface area contributed by atoms with Crippen molar-refractivity contribution in [2.45, 2.75) is 6.92 Å². The fourth-order valence-corrected chi connectivity index (χ4v) is 2.67. The number of rotatable bonds is 5. The average Bonchev–Trinajstić information content (AvgIpc) is 2.59. The number of ether oxygens (including phenoxy) is 2. The van der Waals surface area contributed by atoms with Crippen LogP contribution in [0.15, 0.2) is 53.0 Å². The van der Waals surface area contributed by atoms with Crippen molar-refractivity contribution in [3.63, 3.8) is 0 Å². The van der Waals surface area contributed by atoms with Crippen molar-refractivity contribution in [1.29, 1.82) is 0 Å². The van der Waals surface area contributed by atoms with Gasteiger partial charge in [-0.25, -0.2) is 0 Å². The lowest BCUT2D eigenvalue weighted by Crippen LogP contribution is -2.12. The summed E-state index contributed by atoms with van der Waals surface area (Å²) in [6, 6.07) is 14.6. The van der Waals surface area contributed by atoms with Crippen LogP contribution < -0.4 is 9.47 Å². The third-order valence-corrected chi connectivity index (χ3v) is 4.16. The molecule has 2 aromatic carbocycles. The molecule has 0 fully saturated rings. The van der Waals surface area contributed by atoms with E-state index < -0.39 is 0 Å². The lowest BCUT2D eigenvalue weighted by atomic mass is 10.1. The van der Waals surface area contributed by atoms with Crippen molar-refractivity contribution in [3.05, 3.63) is 64.3 Å². The molecule has 0 aliphatic heterocycles. The van der Waals surface area contributed by atoms with Gasteiger partial charge in [-0.1, -0.05) is 28.1 Å². The van der Waals surface area contributed by atoms with Crippen LogP contribution in [0.1, 0.15) is 16.1 Å². The van der Waals surface area contributed by atoms with E-state index in [4.69, 9.17) is 9.47 Å². The molecule has 0 aliphatic carbocycles. The summed E-state index contributed by atoms with van der Waals surface area (Å²) in [6.07, 6.45) is 0. The summed E-state index contributed by atoms with van der Waals surface area (Å²) in [7, 11) is 1.61. The molecule has 0 saturated carbocycles. The minimum atomic E-state index is -0.0759. The summed E-state index contributed by atoms with van der Waals surface area (Å²) in [5.41, 5.74) is 2.26. The van der Waals surface area contributed by atoms with Crippen molar-refractivity contribution in [2.75, 3.05) is 13.7 Å². The third kappa shape index (κ3) is 3.57. The molecule has 1 aromatic heterocycles. The van der Waals surface area contributed by atoms with Crippen LogP contribution in [0.3, 0.4) is 0 Å². The van der Waals surface area contributed by atoms with Crippen LogP contribution in [0, 0.1) is 6.92 Å². The van der Waals surface area contributed by atoms with Crippen molar-refractivity contribution >= 4 is 32.6 Å². The number of carbonyl (C=O) groups excluding carboxylic acids is 1. The molecule has 122 valence electrons. The SMILES string of the molecule is COc1ccc2nc(C)cc(OCC(=O)c3ccc(Br)cc3)c2c1. The topological polar surface area (TPSA) is 48.4 Å². The molecule has 0 unspecified atom stereocenters. The summed E-state index contributed by atoms with van der Waals surface area (Å²) in [5.74, 6) is 1.27. The maximum absolute atomic E-state index is 12.3. The Kier molecular flexibility index (Phi) is 4.81. The van der Waals surface area contributed by atoms with Gasteiger partial charge in [-0.3, -0.25) is 9.78 Å². The summed E-state index contributed by atoms with van der Waals surface area (Å²) < 4.78 is 12.0. The second-order valence-corrected chi connectivity index (χ2v) is 6.28. The molecule has 0 N–H and O–H groups in total. The predicted molar refractivity (Wildman–Crippen MR) is 97.0 cm³/mol. The van der Waals surface area contributed by atoms with Gasteiger partial charge in [0.1, 0.15) is 11.5 Å². The van der Waals surface area contributed by atoms with Gasteiger partial charge in [-0.05, 0) is 37.3 Å². The normalized spacial score (nSPS) is 10.6. The van der Waals surface area contributed by atoms with Crippen molar-refractivity contribution in [1.82, 2.24) is 4.98 Å². The molecule has 3 rings (SSSR count). The molecule has 1 heterocycles. The first-order valence-electron chi connectivity index (χ1n) is 7.44. The lowest BCUT2D eigenvalue weighted by molar-refractivity contribution is 0.0922. The zero-order valence-electron chi connectivity index (χ0n) is 13.4. The van der Waals surface area contributed by atoms with Gasteiger partial charge in [-0.2, -0.15) is 0 Å². The highest BCUT2D eigenvalue weighted by Crippen LogP contribution is 2.29. The number of hydrogen-bond acceptors (Lipinski definition) is 4. The molecule has 0 saturated heterocycles. The van der Waals surface area contributed by atoms with Crippen LogP contribution in [0.2, 0.25) is 0 Å². The van der Waals surface area contributed by atoms with Gasteiger partial charge in [0.05, 0.1) is 12.6 Å². The number of hydrogen-bond donors (Lipinski definition) is 0. The Morgan fingerprint density at radius 1 is 1.12 bits per heavy atom. The largest absolute Gasteiger partial charge is 0.497 e. The number of halogens is 1. The average molecular weight is 386 g/mol. The number of nitrogens with zero attached hydrogens (tertiary/aromatic N) is 1. The number of aryl methyl sites for hydroxylation is 1. The van der Waals surface area contributed by atoms with E-state index in [0.29, 0.717) is 11.3 Å². The number of carbonyl (C=O) groups is 1. The zero-order valence-corrected chi connectivity index (χ0v) is 15.0. The third-order valence-electron chi connectivity index (χ3n) is 3.63. The Bertz CT molecular complexity index is 891. The molecule has 0 spiro atoms. The highest BCUT2D eigenvalue weighted by Gasteiger charge is 2.11. The summed E-state index contributed by atoms with van der Waals surface area (Å²) >= 11 is 3.36. The summed E-state index contributed by atoms with van der Waals surface area (Å²) in [6.45, 7) is 1.87. The van der Waals surface area contributed by atoms with Crippen LogP contribution >= 0.6 is 15.9 Å². The van der Waals surface area contributed by atoms with Crippen molar-refractivity contribution < 1.29 is 14.3 Å². The number of pyridine rings is 1. The smallest absolute Gasteiger partial charge is 0.200 e. The van der Waals surface area contributed by atoms with Gasteiger partial charge in [0, 0.05) is 27.2 Å². The molecule has 3 aromatic rings. The number of benzene rings is 2. The van der Waals surface area contributed by atoms with Gasteiger partial charge in [0.25, 0.3) is 0 Å². The molecular formula is C19H16BrNO3. The minimum Gasteiger partial charge on any atom is -0.497 e. The molecule has 24 heavy (non-hydrogen) atoms. The quantitative estimate of drug-likeness (QED) is 0.603. The van der Waals surface area contributed by atoms with Gasteiger partial charge in [-0.15, -0.1) is 0 Å². The summed E-state index contributed by atoms with van der Waals surface area (Å²) in [4.78, 5) is 16.8. The Morgan fingerprint density at radius 3 is 2.58 bits per heavy atom. The Hall–Kier alpha value is -2.40. The van der Waals surface area contributed by atoms with E-state index in [2.05, 4.69) is 20.9 Å². The molecular weight excluding hydrogens is 370 g/mol. The van der Waals surface area contributed by atoms with Gasteiger partial charge < -0.3 is 9.47 Å². The Balaban J connectivity index is 1.86. The van der Waals surface area contributed by atoms with E-state index in [-0.39, 0.29) is 12.4 Å². The van der Waals surface area contributed by atoms with Crippen LogP contribution in [0.5, 0.6) is 11.5 Å². The van der Waals surface area contributed by atoms with E-state index in [1.165, 1.54) is 0 Å². The predicted octanol–water partition coefficient (Wildman–Crippen LogP) is 4.58. The molecule has 0 atom stereocenters. The van der Waals surface area contributed by atoms with Gasteiger partial charge in [0.2, 0.25) is 0 Å². The van der Waals surface area contributed by atoms with Crippen LogP contribution in [-0.4, -0.2) is 24.5 Å². The number of ketones is 1. The lowest BCUT2D eigenvalue weighted by Gasteiger charge is -2.11. The monoisotopic (exact) mass is 385 g/mol. The highest BCUT2D eigenvalue weighted by molar-refractivity contribution is 9.10. The van der Waals surface area contributed by atoms with Crippen LogP contribution in [0.25, 0.3) is 10.9 Å². The molecule has 0 amide bonds. The number of methoxy groups -OCH3 is 1. The maximum atomic E-state index is 12.3. The molecule has 4 nitrogen and oxygen atoms in total. The number of aromatic nitrogens is 1. The molecule has 0 bridgehead atoms. The van der Waals surface area contributed by atoms with Crippen molar-refractivity contribution in [3.8, 4) is 11.5 Å². The Morgan fingerprint density at radius 2 is 1.88 bits per heavy atom. The van der Waals surface area contributed by atoms with Gasteiger partial charge >= 0.3 is 0 Å². The van der Waals surface area contributed by atoms with Crippen LogP contribution in [-0.2, 0) is 0 Å². The molecule has 0 aliphatic rings. The first-order valence-corrected chi connectivity index (χ1v) is 8.23. The van der Waals surface area contributed by atoms with E-state index in [1.54, 1.807) is 19.2 Å². The maximum Gasteiger partial charge on any atom is 0.200 e. The van der Waals surface area contributed by atoms with Crippen LogP contribution in [0.4, 0.5) is 0 Å². The standard InChI is InChI=1S/C19H16BrNO3/c1-12-9-19(16-10-15(23-2)7-8-17(16)21-12)24-11-18(22)13-3-5-14(20)6-4-13/h3-10H,11H2,1-2H3. The summed E-state index contributed by atoms with van der Waals surface area (Å²) in [5, 5.41) is 0.823. The zero-order chi connectivity index (χ0) is 17.1. The Labute approximate surface area is 148 Å². The number of fused-ring (bicyclic) bond motifs is 1. The highest BCUT2D eigenvalue weighted by atomic mass is 79.9. The van der Waals surface area contributed by atoms with E-state index in [0.717, 1.165) is 26.8 Å². The van der Waals surface area contributed by atoms with Gasteiger partial charge in [0.15, 0.2) is 12.4 Å². The first-order chi connectivity index (χ1) is 11.6. The minimum absolute atomic E-state index is 0.0304. The van der Waals surface area contributed by atoms with E-state index in [1.807, 2.05) is 43.3 Å². The van der Waals surface area contributed by atoms with Crippen molar-refractivity contribution in [2.24, 2.45) is 0 Å².